The molecule has 3 atom stereocenters. The number of halogens is 3. The normalized spacial score (nSPS) is 17.8. The monoisotopic (exact) mass is 511 g/mol. The molecular weight excluding hydrogens is 471 g/mol. The van der Waals surface area contributed by atoms with Crippen molar-refractivity contribution in [1.29, 1.82) is 0 Å². The molecule has 6 heteroatoms. The second-order valence-corrected chi connectivity index (χ2v) is 10.1. The number of nitrogens with one attached hydrogen (secondary N) is 1. The van der Waals surface area contributed by atoms with Gasteiger partial charge in [0.1, 0.15) is 0 Å². The van der Waals surface area contributed by atoms with Crippen LogP contribution in [0.3, 0.4) is 0 Å². The predicted molar refractivity (Wildman–Crippen MR) is 147 cm³/mol. The van der Waals surface area contributed by atoms with Gasteiger partial charge in [-0.1, -0.05) is 80.6 Å². The molecule has 200 valence electrons. The molecule has 1 aliphatic rings. The van der Waals surface area contributed by atoms with E-state index in [0.29, 0.717) is 18.4 Å². The van der Waals surface area contributed by atoms with Crippen LogP contribution in [-0.4, -0.2) is 31.1 Å². The third kappa shape index (κ3) is 9.20. The second kappa shape index (κ2) is 14.2. The molecule has 37 heavy (non-hydrogen) atoms. The molecule has 0 bridgehead atoms. The highest BCUT2D eigenvalue weighted by atomic mass is 19.4. The van der Waals surface area contributed by atoms with Crippen molar-refractivity contribution in [3.63, 3.8) is 0 Å². The van der Waals surface area contributed by atoms with E-state index in [-0.39, 0.29) is 5.92 Å². The fourth-order valence-corrected chi connectivity index (χ4v) is 4.98. The first-order valence-electron chi connectivity index (χ1n) is 13.2. The Hall–Kier alpha value is -2.83. The number of anilines is 1. The number of hydrogen-bond donors (Lipinski definition) is 2. The number of nitrogens with zero attached hydrogens (tertiary/aromatic N) is 1. The van der Waals surface area contributed by atoms with E-state index >= 15 is 0 Å². The third-order valence-corrected chi connectivity index (χ3v) is 7.09. The summed E-state index contributed by atoms with van der Waals surface area (Å²) in [7, 11) is 0. The van der Waals surface area contributed by atoms with Crippen LogP contribution in [0.5, 0.6) is 0 Å². The summed E-state index contributed by atoms with van der Waals surface area (Å²) in [6.45, 7) is 8.46. The summed E-state index contributed by atoms with van der Waals surface area (Å²) < 4.78 is 39.4. The van der Waals surface area contributed by atoms with Crippen LogP contribution >= 0.6 is 0 Å². The molecule has 1 heterocycles. The van der Waals surface area contributed by atoms with Crippen molar-refractivity contribution in [2.75, 3.05) is 31.5 Å². The summed E-state index contributed by atoms with van der Waals surface area (Å²) in [6.07, 6.45) is -2.27. The number of rotatable bonds is 9. The van der Waals surface area contributed by atoms with Gasteiger partial charge in [0.25, 0.3) is 0 Å². The van der Waals surface area contributed by atoms with Crippen molar-refractivity contribution < 1.29 is 13.2 Å². The summed E-state index contributed by atoms with van der Waals surface area (Å²) in [5, 5.41) is 3.34. The molecule has 0 aromatic heterocycles. The standard InChI is InChI=1S/C25H34F3N3.C6H6/c1-18(16-31(13-12-29)17-20-6-4-3-5-7-20)8-9-21-15-30-24-11-10-22(25(26,27)28)14-23(24)19(21)2;1-2-4-6-5-3-1/h3-7,10-11,14,18-19,21,30H,8-9,12-13,15-17,29H2,1-2H3;1-6H. The SMILES string of the molecule is CC(CCC1CNc2ccc(C(F)(F)F)cc2C1C)CN(CCN)Cc1ccccc1.c1ccccc1. The van der Waals surface area contributed by atoms with Crippen molar-refractivity contribution in [2.45, 2.75) is 45.3 Å². The van der Waals surface area contributed by atoms with Crippen molar-refractivity contribution in [1.82, 2.24) is 4.90 Å². The molecule has 3 unspecified atom stereocenters. The summed E-state index contributed by atoms with van der Waals surface area (Å²) in [4.78, 5) is 2.40. The van der Waals surface area contributed by atoms with Gasteiger partial charge in [-0.3, -0.25) is 4.90 Å². The van der Waals surface area contributed by atoms with Crippen molar-refractivity contribution in [2.24, 2.45) is 17.6 Å². The lowest BCUT2D eigenvalue weighted by atomic mass is 9.79. The number of alkyl halides is 3. The van der Waals surface area contributed by atoms with E-state index < -0.39 is 11.7 Å². The summed E-state index contributed by atoms with van der Waals surface area (Å²) in [6, 6.07) is 26.5. The Labute approximate surface area is 219 Å². The van der Waals surface area contributed by atoms with Gasteiger partial charge in [0.2, 0.25) is 0 Å². The van der Waals surface area contributed by atoms with Crippen molar-refractivity contribution in [3.8, 4) is 0 Å². The molecule has 0 radical (unpaired) electrons. The van der Waals surface area contributed by atoms with Gasteiger partial charge >= 0.3 is 6.18 Å². The van der Waals surface area contributed by atoms with Gasteiger partial charge in [0.15, 0.2) is 0 Å². The Kier molecular flexibility index (Phi) is 11.0. The van der Waals surface area contributed by atoms with Crippen LogP contribution in [0, 0.1) is 11.8 Å². The second-order valence-electron chi connectivity index (χ2n) is 10.1. The van der Waals surface area contributed by atoms with Crippen LogP contribution < -0.4 is 11.1 Å². The molecule has 3 aromatic rings. The number of hydrogen-bond acceptors (Lipinski definition) is 3. The van der Waals surface area contributed by atoms with Crippen LogP contribution in [-0.2, 0) is 12.7 Å². The highest BCUT2D eigenvalue weighted by Gasteiger charge is 2.33. The molecule has 0 aliphatic carbocycles. The van der Waals surface area contributed by atoms with Gasteiger partial charge < -0.3 is 11.1 Å². The van der Waals surface area contributed by atoms with E-state index in [2.05, 4.69) is 48.3 Å². The number of nitrogens with two attached hydrogens (primary N) is 1. The van der Waals surface area contributed by atoms with Crippen LogP contribution in [0.1, 0.15) is 49.3 Å². The highest BCUT2D eigenvalue weighted by molar-refractivity contribution is 5.56. The highest BCUT2D eigenvalue weighted by Crippen LogP contribution is 2.40. The van der Waals surface area contributed by atoms with Crippen LogP contribution in [0.25, 0.3) is 0 Å². The first kappa shape index (κ1) is 28.7. The molecular formula is C31H40F3N3. The number of benzene rings is 3. The molecule has 3 aromatic carbocycles. The van der Waals surface area contributed by atoms with Crippen LogP contribution in [0.2, 0.25) is 0 Å². The Morgan fingerprint density at radius 3 is 2.19 bits per heavy atom. The van der Waals surface area contributed by atoms with Gasteiger partial charge in [0, 0.05) is 38.4 Å². The molecule has 3 N–H and O–H groups in total. The molecule has 4 rings (SSSR count). The third-order valence-electron chi connectivity index (χ3n) is 7.09. The number of fused-ring (bicyclic) bond motifs is 1. The minimum absolute atomic E-state index is 0.107. The lowest BCUT2D eigenvalue weighted by Gasteiger charge is -2.34. The molecule has 1 aliphatic heterocycles. The maximum absolute atomic E-state index is 13.1. The first-order valence-corrected chi connectivity index (χ1v) is 13.2. The van der Waals surface area contributed by atoms with Crippen molar-refractivity contribution in [3.05, 3.63) is 102 Å². The predicted octanol–water partition coefficient (Wildman–Crippen LogP) is 7.41. The smallest absolute Gasteiger partial charge is 0.385 e. The fraction of sp³-hybridized carbons (Fsp3) is 0.419. The minimum Gasteiger partial charge on any atom is -0.385 e. The van der Waals surface area contributed by atoms with Gasteiger partial charge in [-0.2, -0.15) is 13.2 Å². The summed E-state index contributed by atoms with van der Waals surface area (Å²) in [5.74, 6) is 0.927. The zero-order chi connectivity index (χ0) is 26.7. The van der Waals surface area contributed by atoms with Gasteiger partial charge in [-0.25, -0.2) is 0 Å². The molecule has 0 saturated heterocycles. The molecule has 0 spiro atoms. The van der Waals surface area contributed by atoms with E-state index in [4.69, 9.17) is 5.73 Å². The maximum Gasteiger partial charge on any atom is 0.416 e. The van der Waals surface area contributed by atoms with E-state index in [0.717, 1.165) is 50.3 Å². The lowest BCUT2D eigenvalue weighted by Crippen LogP contribution is -2.33. The average molecular weight is 512 g/mol. The Morgan fingerprint density at radius 1 is 0.973 bits per heavy atom. The summed E-state index contributed by atoms with van der Waals surface area (Å²) >= 11 is 0. The average Bonchev–Trinajstić information content (AvgIpc) is 2.90. The Morgan fingerprint density at radius 2 is 1.59 bits per heavy atom. The quantitative estimate of drug-likeness (QED) is 0.314. The lowest BCUT2D eigenvalue weighted by molar-refractivity contribution is -0.137. The van der Waals surface area contributed by atoms with Crippen LogP contribution in [0.15, 0.2) is 84.9 Å². The van der Waals surface area contributed by atoms with Crippen molar-refractivity contribution >= 4 is 5.69 Å². The Balaban J connectivity index is 0.000000555. The molecule has 3 nitrogen and oxygen atoms in total. The minimum atomic E-state index is -4.30. The zero-order valence-corrected chi connectivity index (χ0v) is 21.9. The largest absolute Gasteiger partial charge is 0.416 e. The Bertz CT molecular complexity index is 1010. The van der Waals surface area contributed by atoms with E-state index in [1.54, 1.807) is 6.07 Å². The van der Waals surface area contributed by atoms with Gasteiger partial charge in [-0.15, -0.1) is 0 Å². The molecule has 0 fully saturated rings. The fourth-order valence-electron chi connectivity index (χ4n) is 4.98. The molecule has 0 saturated carbocycles. The van der Waals surface area contributed by atoms with E-state index in [1.165, 1.54) is 17.7 Å². The topological polar surface area (TPSA) is 41.3 Å². The maximum atomic E-state index is 13.1. The van der Waals surface area contributed by atoms with E-state index in [1.807, 2.05) is 42.5 Å². The summed E-state index contributed by atoms with van der Waals surface area (Å²) in [5.41, 5.74) is 8.17. The first-order chi connectivity index (χ1) is 17.8. The van der Waals surface area contributed by atoms with E-state index in [9.17, 15) is 13.2 Å². The van der Waals surface area contributed by atoms with Crippen LogP contribution in [0.4, 0.5) is 18.9 Å². The molecule has 0 amide bonds. The van der Waals surface area contributed by atoms with Gasteiger partial charge in [0.05, 0.1) is 5.56 Å². The zero-order valence-electron chi connectivity index (χ0n) is 21.9. The van der Waals surface area contributed by atoms with Gasteiger partial charge in [-0.05, 0) is 59.9 Å².